The summed E-state index contributed by atoms with van der Waals surface area (Å²) in [6.07, 6.45) is 1.68. The first-order valence-electron chi connectivity index (χ1n) is 5.57. The molecule has 1 N–H and O–H groups in total. The highest BCUT2D eigenvalue weighted by Crippen LogP contribution is 2.33. The second kappa shape index (κ2) is 4.51. The number of hydrogen-bond acceptors (Lipinski definition) is 2. The van der Waals surface area contributed by atoms with Gasteiger partial charge in [-0.05, 0) is 26.0 Å². The van der Waals surface area contributed by atoms with Gasteiger partial charge >= 0.3 is 0 Å². The van der Waals surface area contributed by atoms with Crippen molar-refractivity contribution < 1.29 is 5.11 Å². The second-order valence-electron chi connectivity index (χ2n) is 4.08. The first-order valence-corrected chi connectivity index (χ1v) is 5.95. The van der Waals surface area contributed by atoms with Crippen molar-refractivity contribution >= 4 is 11.6 Å². The van der Waals surface area contributed by atoms with Crippen LogP contribution < -0.4 is 0 Å². The summed E-state index contributed by atoms with van der Waals surface area (Å²) in [6.45, 7) is 4.43. The third-order valence-corrected chi connectivity index (χ3v) is 3.24. The van der Waals surface area contributed by atoms with Gasteiger partial charge in [0.2, 0.25) is 0 Å². The molecule has 0 fully saturated rings. The van der Waals surface area contributed by atoms with E-state index >= 15 is 0 Å². The van der Waals surface area contributed by atoms with Crippen LogP contribution in [0.3, 0.4) is 0 Å². The van der Waals surface area contributed by atoms with E-state index in [0.29, 0.717) is 17.1 Å². The molecule has 0 amide bonds. The number of aliphatic hydroxyl groups is 1. The minimum absolute atomic E-state index is 0.557. The summed E-state index contributed by atoms with van der Waals surface area (Å²) in [7, 11) is 0. The number of halogens is 1. The molecule has 0 saturated carbocycles. The van der Waals surface area contributed by atoms with E-state index in [1.165, 1.54) is 0 Å². The van der Waals surface area contributed by atoms with Crippen LogP contribution in [0, 0.1) is 0 Å². The third-order valence-electron chi connectivity index (χ3n) is 2.91. The van der Waals surface area contributed by atoms with Crippen molar-refractivity contribution in [3.63, 3.8) is 0 Å². The molecule has 17 heavy (non-hydrogen) atoms. The molecule has 0 aliphatic carbocycles. The maximum Gasteiger partial charge on any atom is 0.130 e. The normalized spacial score (nSPS) is 14.6. The highest BCUT2D eigenvalue weighted by molar-refractivity contribution is 6.31. The highest BCUT2D eigenvalue weighted by atomic mass is 35.5. The molecule has 0 bridgehead atoms. The minimum atomic E-state index is -1.13. The molecule has 0 aliphatic rings. The van der Waals surface area contributed by atoms with Gasteiger partial charge in [0.05, 0.1) is 5.69 Å². The molecule has 2 rings (SSSR count). The van der Waals surface area contributed by atoms with Crippen molar-refractivity contribution in [3.8, 4) is 0 Å². The molecule has 2 aromatic rings. The standard InChI is InChI=1S/C13H15ClN2O/c1-3-16-12(8-9-15-16)13(2,17)10-6-4-5-7-11(10)14/h4-9,17H,3H2,1-2H3. The van der Waals surface area contributed by atoms with Crippen LogP contribution in [0.4, 0.5) is 0 Å². The van der Waals surface area contributed by atoms with Crippen LogP contribution in [0.5, 0.6) is 0 Å². The lowest BCUT2D eigenvalue weighted by Crippen LogP contribution is -2.27. The van der Waals surface area contributed by atoms with Gasteiger partial charge in [-0.25, -0.2) is 0 Å². The molecule has 3 nitrogen and oxygen atoms in total. The van der Waals surface area contributed by atoms with Crippen molar-refractivity contribution in [1.29, 1.82) is 0 Å². The van der Waals surface area contributed by atoms with Crippen molar-refractivity contribution in [2.24, 2.45) is 0 Å². The summed E-state index contributed by atoms with van der Waals surface area (Å²) in [5.41, 5.74) is 0.301. The number of aryl methyl sites for hydroxylation is 1. The summed E-state index contributed by atoms with van der Waals surface area (Å²) in [5, 5.41) is 15.4. The molecule has 0 spiro atoms. The van der Waals surface area contributed by atoms with Crippen LogP contribution in [-0.2, 0) is 12.1 Å². The lowest BCUT2D eigenvalue weighted by Gasteiger charge is -2.25. The summed E-state index contributed by atoms with van der Waals surface area (Å²) >= 11 is 6.13. The van der Waals surface area contributed by atoms with E-state index in [9.17, 15) is 5.11 Å². The molecule has 0 radical (unpaired) electrons. The number of rotatable bonds is 3. The topological polar surface area (TPSA) is 38.0 Å². The van der Waals surface area contributed by atoms with Gasteiger partial charge in [0, 0.05) is 23.3 Å². The zero-order valence-corrected chi connectivity index (χ0v) is 10.6. The Hall–Kier alpha value is -1.32. The number of nitrogens with zero attached hydrogens (tertiary/aromatic N) is 2. The van der Waals surface area contributed by atoms with Crippen LogP contribution >= 0.6 is 11.6 Å². The van der Waals surface area contributed by atoms with E-state index < -0.39 is 5.60 Å². The van der Waals surface area contributed by atoms with Crippen molar-refractivity contribution in [2.75, 3.05) is 0 Å². The molecular formula is C13H15ClN2O. The molecule has 0 aliphatic heterocycles. The molecule has 1 aromatic heterocycles. The van der Waals surface area contributed by atoms with Crippen LogP contribution in [0.25, 0.3) is 0 Å². The van der Waals surface area contributed by atoms with Gasteiger partial charge < -0.3 is 5.11 Å². The fraction of sp³-hybridized carbons (Fsp3) is 0.308. The number of benzene rings is 1. The number of aromatic nitrogens is 2. The van der Waals surface area contributed by atoms with E-state index in [1.54, 1.807) is 23.9 Å². The van der Waals surface area contributed by atoms with Crippen molar-refractivity contribution in [3.05, 3.63) is 52.8 Å². The van der Waals surface area contributed by atoms with E-state index in [4.69, 9.17) is 11.6 Å². The molecule has 4 heteroatoms. The molecule has 1 unspecified atom stereocenters. The van der Waals surface area contributed by atoms with E-state index in [2.05, 4.69) is 5.10 Å². The first-order chi connectivity index (χ1) is 8.07. The SMILES string of the molecule is CCn1nccc1C(C)(O)c1ccccc1Cl. The molecule has 1 atom stereocenters. The fourth-order valence-electron chi connectivity index (χ4n) is 1.99. The zero-order valence-electron chi connectivity index (χ0n) is 9.89. The van der Waals surface area contributed by atoms with Crippen molar-refractivity contribution in [2.45, 2.75) is 26.0 Å². The van der Waals surface area contributed by atoms with Gasteiger partial charge in [0.15, 0.2) is 0 Å². The van der Waals surface area contributed by atoms with Gasteiger partial charge in [-0.2, -0.15) is 5.10 Å². The molecular weight excluding hydrogens is 236 g/mol. The Morgan fingerprint density at radius 1 is 1.35 bits per heavy atom. The Balaban J connectivity index is 2.53. The van der Waals surface area contributed by atoms with Gasteiger partial charge in [-0.3, -0.25) is 4.68 Å². The predicted molar refractivity (Wildman–Crippen MR) is 68.0 cm³/mol. The summed E-state index contributed by atoms with van der Waals surface area (Å²) in [6, 6.07) is 9.13. The quantitative estimate of drug-likeness (QED) is 0.910. The van der Waals surface area contributed by atoms with Crippen LogP contribution in [0.2, 0.25) is 5.02 Å². The Morgan fingerprint density at radius 2 is 2.06 bits per heavy atom. The molecule has 0 saturated heterocycles. The van der Waals surface area contributed by atoms with Crippen LogP contribution in [0.15, 0.2) is 36.5 Å². The smallest absolute Gasteiger partial charge is 0.130 e. The average molecular weight is 251 g/mol. The largest absolute Gasteiger partial charge is 0.379 e. The minimum Gasteiger partial charge on any atom is -0.379 e. The monoisotopic (exact) mass is 250 g/mol. The zero-order chi connectivity index (χ0) is 12.5. The number of hydrogen-bond donors (Lipinski definition) is 1. The predicted octanol–water partition coefficient (Wildman–Crippen LogP) is 2.81. The Bertz CT molecular complexity index is 520. The van der Waals surface area contributed by atoms with Gasteiger partial charge in [0.25, 0.3) is 0 Å². The second-order valence-corrected chi connectivity index (χ2v) is 4.49. The highest BCUT2D eigenvalue weighted by Gasteiger charge is 2.30. The van der Waals surface area contributed by atoms with Gasteiger partial charge in [-0.15, -0.1) is 0 Å². The Kier molecular flexibility index (Phi) is 3.22. The lowest BCUT2D eigenvalue weighted by molar-refractivity contribution is 0.0919. The van der Waals surface area contributed by atoms with Crippen LogP contribution in [-0.4, -0.2) is 14.9 Å². The van der Waals surface area contributed by atoms with E-state index in [0.717, 1.165) is 5.69 Å². The molecule has 90 valence electrons. The van der Waals surface area contributed by atoms with Gasteiger partial charge in [0.1, 0.15) is 5.60 Å². The van der Waals surface area contributed by atoms with Crippen molar-refractivity contribution in [1.82, 2.24) is 9.78 Å². The summed E-state index contributed by atoms with van der Waals surface area (Å²) < 4.78 is 1.77. The van der Waals surface area contributed by atoms with Crippen LogP contribution in [0.1, 0.15) is 25.1 Å². The third kappa shape index (κ3) is 2.08. The Morgan fingerprint density at radius 3 is 2.71 bits per heavy atom. The maximum atomic E-state index is 10.7. The Labute approximate surface area is 106 Å². The molecule has 1 heterocycles. The van der Waals surface area contributed by atoms with E-state index in [1.807, 2.05) is 31.2 Å². The lowest BCUT2D eigenvalue weighted by atomic mass is 9.92. The average Bonchev–Trinajstić information content (AvgIpc) is 2.78. The summed E-state index contributed by atoms with van der Waals surface area (Å²) in [5.74, 6) is 0. The fourth-order valence-corrected chi connectivity index (χ4v) is 2.31. The maximum absolute atomic E-state index is 10.7. The van der Waals surface area contributed by atoms with E-state index in [-0.39, 0.29) is 0 Å². The summed E-state index contributed by atoms with van der Waals surface area (Å²) in [4.78, 5) is 0. The first kappa shape index (κ1) is 12.1. The molecule has 1 aromatic carbocycles. The van der Waals surface area contributed by atoms with Gasteiger partial charge in [-0.1, -0.05) is 29.8 Å².